The van der Waals surface area contributed by atoms with Crippen LogP contribution in [-0.2, 0) is 0 Å². The largest absolute Gasteiger partial charge is 0.494 e. The highest BCUT2D eigenvalue weighted by atomic mass is 16.5. The summed E-state index contributed by atoms with van der Waals surface area (Å²) in [4.78, 5) is 6.47. The lowest BCUT2D eigenvalue weighted by atomic mass is 10.1. The number of aliphatic hydroxyl groups excluding tert-OH is 1. The van der Waals surface area contributed by atoms with Crippen molar-refractivity contribution in [3.8, 4) is 5.75 Å². The lowest BCUT2D eigenvalue weighted by Gasteiger charge is -2.21. The molecule has 0 spiro atoms. The monoisotopic (exact) mass is 337 g/mol. The van der Waals surface area contributed by atoms with Gasteiger partial charge in [0.1, 0.15) is 11.3 Å². The molecule has 1 heterocycles. The second-order valence-corrected chi connectivity index (χ2v) is 6.08. The maximum atomic E-state index is 9.93. The van der Waals surface area contributed by atoms with Gasteiger partial charge in [0, 0.05) is 37.1 Å². The number of hydrogen-bond donors (Lipinski definition) is 2. The van der Waals surface area contributed by atoms with E-state index in [-0.39, 0.29) is 12.6 Å². The number of fused-ring (bicyclic) bond motifs is 1. The van der Waals surface area contributed by atoms with E-state index in [2.05, 4.69) is 16.4 Å². The Kier molecular flexibility index (Phi) is 5.05. The predicted molar refractivity (Wildman–Crippen MR) is 103 cm³/mol. The van der Waals surface area contributed by atoms with Gasteiger partial charge in [-0.1, -0.05) is 24.3 Å². The number of benzene rings is 2. The molecule has 0 saturated heterocycles. The summed E-state index contributed by atoms with van der Waals surface area (Å²) in [6.07, 6.45) is 1.75. The van der Waals surface area contributed by atoms with Crippen LogP contribution in [0.3, 0.4) is 0 Å². The van der Waals surface area contributed by atoms with Gasteiger partial charge in [-0.2, -0.15) is 0 Å². The van der Waals surface area contributed by atoms with Gasteiger partial charge in [-0.3, -0.25) is 4.98 Å². The summed E-state index contributed by atoms with van der Waals surface area (Å²) < 4.78 is 5.40. The molecular weight excluding hydrogens is 314 g/mol. The van der Waals surface area contributed by atoms with Gasteiger partial charge in [-0.05, 0) is 29.8 Å². The van der Waals surface area contributed by atoms with Crippen molar-refractivity contribution in [3.05, 3.63) is 60.3 Å². The van der Waals surface area contributed by atoms with Gasteiger partial charge < -0.3 is 20.1 Å². The fourth-order valence-corrected chi connectivity index (χ4v) is 2.88. The molecule has 0 radical (unpaired) electrons. The third-order valence-corrected chi connectivity index (χ3v) is 4.26. The first kappa shape index (κ1) is 17.0. The maximum Gasteiger partial charge on any atom is 0.145 e. The number of aromatic nitrogens is 1. The molecule has 1 aromatic heterocycles. The first-order valence-corrected chi connectivity index (χ1v) is 8.20. The Morgan fingerprint density at radius 1 is 1.16 bits per heavy atom. The van der Waals surface area contributed by atoms with E-state index in [0.29, 0.717) is 0 Å². The normalized spacial score (nSPS) is 12.0. The number of aliphatic hydroxyl groups is 1. The van der Waals surface area contributed by atoms with E-state index >= 15 is 0 Å². The summed E-state index contributed by atoms with van der Waals surface area (Å²) in [5.74, 6) is 0.733. The van der Waals surface area contributed by atoms with Crippen LogP contribution in [0, 0.1) is 0 Å². The molecule has 0 aliphatic rings. The van der Waals surface area contributed by atoms with Crippen molar-refractivity contribution in [1.29, 1.82) is 0 Å². The minimum Gasteiger partial charge on any atom is -0.494 e. The average Bonchev–Trinajstić information content (AvgIpc) is 2.65. The Morgan fingerprint density at radius 2 is 1.96 bits per heavy atom. The molecule has 0 aliphatic carbocycles. The number of methoxy groups -OCH3 is 1. The molecule has 0 fully saturated rings. The summed E-state index contributed by atoms with van der Waals surface area (Å²) in [5.41, 5.74) is 3.84. The SMILES string of the molecule is COc1cccc2c(N[C@@H](CO)c3cccc(N(C)C)c3)ccnc12. The van der Waals surface area contributed by atoms with Crippen molar-refractivity contribution in [2.24, 2.45) is 0 Å². The van der Waals surface area contributed by atoms with Crippen molar-refractivity contribution in [2.45, 2.75) is 6.04 Å². The highest BCUT2D eigenvalue weighted by molar-refractivity contribution is 5.94. The summed E-state index contributed by atoms with van der Waals surface area (Å²) in [5, 5.41) is 14.3. The van der Waals surface area contributed by atoms with Crippen molar-refractivity contribution in [3.63, 3.8) is 0 Å². The van der Waals surface area contributed by atoms with Crippen LogP contribution >= 0.6 is 0 Å². The van der Waals surface area contributed by atoms with Crippen LogP contribution in [0.2, 0.25) is 0 Å². The molecule has 3 aromatic rings. The molecule has 2 aromatic carbocycles. The number of nitrogens with zero attached hydrogens (tertiary/aromatic N) is 2. The standard InChI is InChI=1S/C20H23N3O2/c1-23(2)15-7-4-6-14(12-15)18(13-24)22-17-10-11-21-20-16(17)8-5-9-19(20)25-3/h4-12,18,24H,13H2,1-3H3,(H,21,22)/t18-/m0/s1. The molecule has 25 heavy (non-hydrogen) atoms. The lowest BCUT2D eigenvalue weighted by Crippen LogP contribution is -2.16. The Morgan fingerprint density at radius 3 is 2.68 bits per heavy atom. The van der Waals surface area contributed by atoms with E-state index in [4.69, 9.17) is 4.74 Å². The third-order valence-electron chi connectivity index (χ3n) is 4.26. The molecule has 3 rings (SSSR count). The van der Waals surface area contributed by atoms with Crippen molar-refractivity contribution >= 4 is 22.3 Å². The molecule has 1 atom stereocenters. The van der Waals surface area contributed by atoms with Crippen LogP contribution in [-0.4, -0.2) is 37.9 Å². The van der Waals surface area contributed by atoms with Crippen LogP contribution in [0.1, 0.15) is 11.6 Å². The number of ether oxygens (including phenoxy) is 1. The van der Waals surface area contributed by atoms with Gasteiger partial charge in [0.05, 0.1) is 19.8 Å². The first-order valence-electron chi connectivity index (χ1n) is 8.20. The number of rotatable bonds is 6. The molecule has 2 N–H and O–H groups in total. The molecule has 0 aliphatic heterocycles. The zero-order chi connectivity index (χ0) is 17.8. The summed E-state index contributed by atoms with van der Waals surface area (Å²) in [7, 11) is 5.64. The Labute approximate surface area is 147 Å². The molecule has 130 valence electrons. The topological polar surface area (TPSA) is 57.6 Å². The van der Waals surface area contributed by atoms with E-state index in [1.165, 1.54) is 0 Å². The minimum atomic E-state index is -0.211. The van der Waals surface area contributed by atoms with E-state index in [1.807, 2.05) is 61.5 Å². The van der Waals surface area contributed by atoms with Crippen molar-refractivity contribution in [2.75, 3.05) is 38.0 Å². The molecule has 5 heteroatoms. The van der Waals surface area contributed by atoms with Crippen molar-refractivity contribution in [1.82, 2.24) is 4.98 Å². The van der Waals surface area contributed by atoms with Crippen LogP contribution in [0.5, 0.6) is 5.75 Å². The summed E-state index contributed by atoms with van der Waals surface area (Å²) in [6, 6.07) is 15.7. The van der Waals surface area contributed by atoms with E-state index in [0.717, 1.165) is 33.6 Å². The quantitative estimate of drug-likeness (QED) is 0.721. The van der Waals surface area contributed by atoms with Gasteiger partial charge in [0.25, 0.3) is 0 Å². The Hall–Kier alpha value is -2.79. The van der Waals surface area contributed by atoms with Crippen LogP contribution < -0.4 is 15.0 Å². The molecule has 0 amide bonds. The number of anilines is 2. The van der Waals surface area contributed by atoms with Gasteiger partial charge >= 0.3 is 0 Å². The Balaban J connectivity index is 1.97. The van der Waals surface area contributed by atoms with Crippen molar-refractivity contribution < 1.29 is 9.84 Å². The van der Waals surface area contributed by atoms with Crippen LogP contribution in [0.4, 0.5) is 11.4 Å². The molecule has 0 bridgehead atoms. The average molecular weight is 337 g/mol. The van der Waals surface area contributed by atoms with Crippen LogP contribution in [0.15, 0.2) is 54.7 Å². The number of para-hydroxylation sites is 1. The van der Waals surface area contributed by atoms with Gasteiger partial charge in [-0.15, -0.1) is 0 Å². The Bertz CT molecular complexity index is 864. The molecule has 0 saturated carbocycles. The lowest BCUT2D eigenvalue weighted by molar-refractivity contribution is 0.276. The second-order valence-electron chi connectivity index (χ2n) is 6.08. The highest BCUT2D eigenvalue weighted by Crippen LogP contribution is 2.31. The van der Waals surface area contributed by atoms with Crippen LogP contribution in [0.25, 0.3) is 10.9 Å². The second kappa shape index (κ2) is 7.40. The molecular formula is C20H23N3O2. The van der Waals surface area contributed by atoms with Gasteiger partial charge in [0.15, 0.2) is 0 Å². The molecule has 5 nitrogen and oxygen atoms in total. The van der Waals surface area contributed by atoms with Gasteiger partial charge in [-0.25, -0.2) is 0 Å². The zero-order valence-corrected chi connectivity index (χ0v) is 14.7. The highest BCUT2D eigenvalue weighted by Gasteiger charge is 2.14. The smallest absolute Gasteiger partial charge is 0.145 e. The zero-order valence-electron chi connectivity index (χ0n) is 14.7. The number of hydrogen-bond acceptors (Lipinski definition) is 5. The maximum absolute atomic E-state index is 9.93. The van der Waals surface area contributed by atoms with E-state index in [9.17, 15) is 5.11 Å². The predicted octanol–water partition coefficient (Wildman–Crippen LogP) is 3.45. The summed E-state index contributed by atoms with van der Waals surface area (Å²) >= 11 is 0. The van der Waals surface area contributed by atoms with Gasteiger partial charge in [0.2, 0.25) is 0 Å². The minimum absolute atomic E-state index is 0.00926. The molecule has 0 unspecified atom stereocenters. The van der Waals surface area contributed by atoms with E-state index < -0.39 is 0 Å². The fraction of sp³-hybridized carbons (Fsp3) is 0.250. The third kappa shape index (κ3) is 3.51. The van der Waals surface area contributed by atoms with E-state index in [1.54, 1.807) is 13.3 Å². The number of nitrogens with one attached hydrogen (secondary N) is 1. The fourth-order valence-electron chi connectivity index (χ4n) is 2.88. The number of pyridine rings is 1. The summed E-state index contributed by atoms with van der Waals surface area (Å²) in [6.45, 7) is -0.00926. The first-order chi connectivity index (χ1) is 12.1.